The number of carbonyl (C=O) groups excluding carboxylic acids is 1. The van der Waals surface area contributed by atoms with Gasteiger partial charge in [0.2, 0.25) is 5.91 Å². The molecule has 3 nitrogen and oxygen atoms in total. The summed E-state index contributed by atoms with van der Waals surface area (Å²) in [6.07, 6.45) is -4.47. The minimum absolute atomic E-state index is 0.0421. The quantitative estimate of drug-likeness (QED) is 0.876. The maximum atomic E-state index is 13.2. The summed E-state index contributed by atoms with van der Waals surface area (Å²) in [6, 6.07) is 12.6. The molecular weight excluding hydrogens is 317 g/mol. The van der Waals surface area contributed by atoms with Crippen LogP contribution in [0.4, 0.5) is 13.2 Å². The van der Waals surface area contributed by atoms with Gasteiger partial charge in [-0.3, -0.25) is 4.79 Å². The normalized spacial score (nSPS) is 12.7. The first kappa shape index (κ1) is 18.0. The van der Waals surface area contributed by atoms with E-state index >= 15 is 0 Å². The summed E-state index contributed by atoms with van der Waals surface area (Å²) >= 11 is 0. The van der Waals surface area contributed by atoms with Crippen molar-refractivity contribution in [3.63, 3.8) is 0 Å². The fourth-order valence-corrected chi connectivity index (χ4v) is 2.29. The first-order valence-electron chi connectivity index (χ1n) is 7.53. The van der Waals surface area contributed by atoms with Crippen LogP contribution in [0.1, 0.15) is 18.1 Å². The Balaban J connectivity index is 2.33. The summed E-state index contributed by atoms with van der Waals surface area (Å²) < 4.78 is 39.6. The Kier molecular flexibility index (Phi) is 5.62. The number of rotatable bonds is 5. The van der Waals surface area contributed by atoms with Crippen molar-refractivity contribution in [2.45, 2.75) is 25.7 Å². The Morgan fingerprint density at radius 2 is 1.75 bits per heavy atom. The van der Waals surface area contributed by atoms with E-state index in [1.54, 1.807) is 14.0 Å². The summed E-state index contributed by atoms with van der Waals surface area (Å²) in [5.41, 5.74) is 0.803. The van der Waals surface area contributed by atoms with Gasteiger partial charge < -0.3 is 10.6 Å². The van der Waals surface area contributed by atoms with E-state index in [4.69, 9.17) is 0 Å². The molecule has 0 unspecified atom stereocenters. The van der Waals surface area contributed by atoms with Crippen molar-refractivity contribution in [2.75, 3.05) is 7.05 Å². The number of hydrogen-bond donors (Lipinski definition) is 2. The van der Waals surface area contributed by atoms with Crippen LogP contribution >= 0.6 is 0 Å². The molecule has 0 saturated heterocycles. The lowest BCUT2D eigenvalue weighted by Crippen LogP contribution is -2.40. The summed E-state index contributed by atoms with van der Waals surface area (Å²) in [6.45, 7) is 1.46. The minimum atomic E-state index is -4.47. The molecule has 24 heavy (non-hydrogen) atoms. The molecule has 6 heteroatoms. The second kappa shape index (κ2) is 7.49. The van der Waals surface area contributed by atoms with E-state index in [0.717, 1.165) is 11.6 Å². The Bertz CT molecular complexity index is 699. The maximum Gasteiger partial charge on any atom is 0.416 e. The Morgan fingerprint density at radius 1 is 1.08 bits per heavy atom. The molecule has 0 aliphatic heterocycles. The predicted molar refractivity (Wildman–Crippen MR) is 87.2 cm³/mol. The lowest BCUT2D eigenvalue weighted by atomic mass is 9.98. The van der Waals surface area contributed by atoms with Gasteiger partial charge in [-0.15, -0.1) is 0 Å². The van der Waals surface area contributed by atoms with Crippen molar-refractivity contribution in [1.82, 2.24) is 10.6 Å². The van der Waals surface area contributed by atoms with E-state index in [1.807, 2.05) is 30.3 Å². The van der Waals surface area contributed by atoms with Gasteiger partial charge in [-0.05, 0) is 42.8 Å². The van der Waals surface area contributed by atoms with Crippen LogP contribution in [-0.4, -0.2) is 19.0 Å². The molecule has 0 aliphatic carbocycles. The molecule has 1 amide bonds. The first-order valence-corrected chi connectivity index (χ1v) is 7.53. The molecule has 2 aromatic carbocycles. The van der Waals surface area contributed by atoms with Crippen LogP contribution in [-0.2, 0) is 17.5 Å². The molecule has 128 valence electrons. The van der Waals surface area contributed by atoms with Crippen molar-refractivity contribution in [3.8, 4) is 11.1 Å². The molecule has 0 spiro atoms. The fraction of sp³-hybridized carbons (Fsp3) is 0.278. The molecule has 2 rings (SSSR count). The minimum Gasteiger partial charge on any atom is -0.351 e. The van der Waals surface area contributed by atoms with Gasteiger partial charge in [0.15, 0.2) is 0 Å². The number of carbonyl (C=O) groups is 1. The van der Waals surface area contributed by atoms with Gasteiger partial charge in [-0.25, -0.2) is 0 Å². The zero-order valence-corrected chi connectivity index (χ0v) is 13.4. The Hall–Kier alpha value is -2.34. The molecule has 2 N–H and O–H groups in total. The van der Waals surface area contributed by atoms with Crippen LogP contribution < -0.4 is 10.6 Å². The van der Waals surface area contributed by atoms with Crippen molar-refractivity contribution >= 4 is 5.91 Å². The van der Waals surface area contributed by atoms with E-state index in [0.29, 0.717) is 5.56 Å². The summed E-state index contributed by atoms with van der Waals surface area (Å²) in [7, 11) is 1.61. The third-order valence-corrected chi connectivity index (χ3v) is 3.80. The SMILES string of the molecule is CN[C@@H](C)C(=O)NCc1cc(-c2ccccc2)ccc1C(F)(F)F. The third-order valence-electron chi connectivity index (χ3n) is 3.80. The van der Waals surface area contributed by atoms with Crippen LogP contribution in [0.5, 0.6) is 0 Å². The van der Waals surface area contributed by atoms with Gasteiger partial charge >= 0.3 is 6.18 Å². The topological polar surface area (TPSA) is 41.1 Å². The monoisotopic (exact) mass is 336 g/mol. The molecule has 0 radical (unpaired) electrons. The van der Waals surface area contributed by atoms with Crippen molar-refractivity contribution < 1.29 is 18.0 Å². The Morgan fingerprint density at radius 3 is 2.33 bits per heavy atom. The largest absolute Gasteiger partial charge is 0.416 e. The van der Waals surface area contributed by atoms with Gasteiger partial charge in [0.25, 0.3) is 0 Å². The van der Waals surface area contributed by atoms with Crippen LogP contribution in [0, 0.1) is 0 Å². The summed E-state index contributed by atoms with van der Waals surface area (Å²) in [4.78, 5) is 11.8. The zero-order chi connectivity index (χ0) is 17.7. The molecule has 0 saturated carbocycles. The predicted octanol–water partition coefficient (Wildman–Crippen LogP) is 3.60. The molecule has 1 atom stereocenters. The van der Waals surface area contributed by atoms with Crippen molar-refractivity contribution in [3.05, 3.63) is 59.7 Å². The number of amides is 1. The number of benzene rings is 2. The first-order chi connectivity index (χ1) is 11.3. The average molecular weight is 336 g/mol. The van der Waals surface area contributed by atoms with Gasteiger partial charge in [-0.2, -0.15) is 13.2 Å². The molecule has 0 aromatic heterocycles. The third kappa shape index (κ3) is 4.35. The van der Waals surface area contributed by atoms with E-state index in [1.165, 1.54) is 12.1 Å². The molecule has 0 aliphatic rings. The highest BCUT2D eigenvalue weighted by atomic mass is 19.4. The van der Waals surface area contributed by atoms with Crippen LogP contribution in [0.15, 0.2) is 48.5 Å². The van der Waals surface area contributed by atoms with Gasteiger partial charge in [0, 0.05) is 6.54 Å². The van der Waals surface area contributed by atoms with E-state index < -0.39 is 17.8 Å². The highest BCUT2D eigenvalue weighted by molar-refractivity contribution is 5.81. The maximum absolute atomic E-state index is 13.2. The smallest absolute Gasteiger partial charge is 0.351 e. The van der Waals surface area contributed by atoms with Crippen LogP contribution in [0.2, 0.25) is 0 Å². The highest BCUT2D eigenvalue weighted by Crippen LogP contribution is 2.34. The molecule has 0 bridgehead atoms. The second-order valence-electron chi connectivity index (χ2n) is 5.46. The lowest BCUT2D eigenvalue weighted by Gasteiger charge is -2.16. The van der Waals surface area contributed by atoms with E-state index in [2.05, 4.69) is 10.6 Å². The fourth-order valence-electron chi connectivity index (χ4n) is 2.29. The summed E-state index contributed by atoms with van der Waals surface area (Å²) in [5.74, 6) is -0.351. The summed E-state index contributed by atoms with van der Waals surface area (Å²) in [5, 5.41) is 5.29. The van der Waals surface area contributed by atoms with E-state index in [9.17, 15) is 18.0 Å². The number of alkyl halides is 3. The van der Waals surface area contributed by atoms with Gasteiger partial charge in [0.1, 0.15) is 0 Å². The number of likely N-dealkylation sites (N-methyl/N-ethyl adjacent to an activating group) is 1. The standard InChI is InChI=1S/C18H19F3N2O/c1-12(22-2)17(24)23-11-15-10-14(13-6-4-3-5-7-13)8-9-16(15)18(19,20)21/h3-10,12,22H,11H2,1-2H3,(H,23,24)/t12-/m0/s1. The molecular formula is C18H19F3N2O. The highest BCUT2D eigenvalue weighted by Gasteiger charge is 2.33. The average Bonchev–Trinajstić information content (AvgIpc) is 2.58. The van der Waals surface area contributed by atoms with Crippen molar-refractivity contribution in [2.24, 2.45) is 0 Å². The number of nitrogens with one attached hydrogen (secondary N) is 2. The van der Waals surface area contributed by atoms with Crippen LogP contribution in [0.25, 0.3) is 11.1 Å². The van der Waals surface area contributed by atoms with Crippen molar-refractivity contribution in [1.29, 1.82) is 0 Å². The zero-order valence-electron chi connectivity index (χ0n) is 13.4. The van der Waals surface area contributed by atoms with E-state index in [-0.39, 0.29) is 18.0 Å². The Labute approximate surface area is 138 Å². The number of hydrogen-bond acceptors (Lipinski definition) is 2. The molecule has 0 heterocycles. The number of halogens is 3. The van der Waals surface area contributed by atoms with Gasteiger partial charge in [-0.1, -0.05) is 36.4 Å². The second-order valence-corrected chi connectivity index (χ2v) is 5.46. The lowest BCUT2D eigenvalue weighted by molar-refractivity contribution is -0.138. The van der Waals surface area contributed by atoms with Crippen LogP contribution in [0.3, 0.4) is 0 Å². The molecule has 0 fully saturated rings. The molecule has 2 aromatic rings. The van der Waals surface area contributed by atoms with Gasteiger partial charge in [0.05, 0.1) is 11.6 Å².